The third-order valence-electron chi connectivity index (χ3n) is 4.80. The molecule has 1 aliphatic heterocycles. The van der Waals surface area contributed by atoms with Gasteiger partial charge < -0.3 is 15.1 Å². The molecule has 0 radical (unpaired) electrons. The number of aliphatic imine (C=N–C) groups is 1. The first kappa shape index (κ1) is 21.2. The molecule has 7 nitrogen and oxygen atoms in total. The molecule has 1 amide bonds. The van der Waals surface area contributed by atoms with E-state index in [4.69, 9.17) is 10.2 Å². The number of carbonyl (C=O) groups excluding carboxylic acids is 1. The molecule has 2 heterocycles. The van der Waals surface area contributed by atoms with Crippen LogP contribution < -0.4 is 10.6 Å². The van der Waals surface area contributed by atoms with E-state index in [9.17, 15) is 22.4 Å². The minimum absolute atomic E-state index is 0.133. The first-order valence-corrected chi connectivity index (χ1v) is 9.28. The van der Waals surface area contributed by atoms with Crippen LogP contribution in [0.15, 0.2) is 58.1 Å². The van der Waals surface area contributed by atoms with Crippen molar-refractivity contribution < 1.29 is 26.8 Å². The lowest BCUT2D eigenvalue weighted by atomic mass is 10.0. The Balaban J connectivity index is 1.68. The van der Waals surface area contributed by atoms with Crippen LogP contribution in [0.4, 0.5) is 23.2 Å². The Hall–Kier alpha value is -4.02. The highest BCUT2D eigenvalue weighted by atomic mass is 19.3. The van der Waals surface area contributed by atoms with Crippen LogP contribution in [0.2, 0.25) is 0 Å². The van der Waals surface area contributed by atoms with Gasteiger partial charge in [-0.05, 0) is 23.8 Å². The van der Waals surface area contributed by atoms with Crippen molar-refractivity contribution >= 4 is 23.4 Å². The molecule has 0 bridgehead atoms. The Morgan fingerprint density at radius 1 is 1.16 bits per heavy atom. The molecule has 2 N–H and O–H groups in total. The van der Waals surface area contributed by atoms with E-state index in [2.05, 4.69) is 15.2 Å². The molecule has 4 rings (SSSR count). The molecule has 1 aliphatic rings. The normalized spacial score (nSPS) is 14.2. The largest absolute Gasteiger partial charge is 0.415 e. The quantitative estimate of drug-likeness (QED) is 0.344. The van der Waals surface area contributed by atoms with Crippen molar-refractivity contribution in [1.29, 1.82) is 0 Å². The number of anilines is 1. The van der Waals surface area contributed by atoms with Crippen LogP contribution >= 0.6 is 0 Å². The fraction of sp³-hybridized carbons (Fsp3) is 0.143. The fourth-order valence-electron chi connectivity index (χ4n) is 3.36. The third-order valence-corrected chi connectivity index (χ3v) is 4.80. The van der Waals surface area contributed by atoms with E-state index in [1.807, 2.05) is 0 Å². The van der Waals surface area contributed by atoms with Crippen LogP contribution in [-0.4, -0.2) is 28.9 Å². The summed E-state index contributed by atoms with van der Waals surface area (Å²) in [6.07, 6.45) is -0.823. The molecule has 0 unspecified atom stereocenters. The molecule has 3 aromatic rings. The van der Waals surface area contributed by atoms with Gasteiger partial charge in [0.15, 0.2) is 0 Å². The van der Waals surface area contributed by atoms with Gasteiger partial charge in [-0.25, -0.2) is 4.99 Å². The van der Waals surface area contributed by atoms with Gasteiger partial charge in [-0.2, -0.15) is 17.6 Å². The van der Waals surface area contributed by atoms with E-state index in [-0.39, 0.29) is 23.9 Å². The highest BCUT2D eigenvalue weighted by molar-refractivity contribution is 6.16. The number of halogens is 4. The van der Waals surface area contributed by atoms with Gasteiger partial charge in [0.2, 0.25) is 5.89 Å². The number of carbonyl (C=O) groups is 1. The molecular weight excluding hydrogens is 430 g/mol. The van der Waals surface area contributed by atoms with Crippen LogP contribution in [0.3, 0.4) is 0 Å². The molecule has 164 valence electrons. The molecule has 0 atom stereocenters. The Labute approximate surface area is 178 Å². The van der Waals surface area contributed by atoms with Crippen LogP contribution in [0, 0.1) is 0 Å². The number of amides is 1. The number of aromatic nitrogens is 2. The van der Waals surface area contributed by atoms with Crippen LogP contribution in [0.5, 0.6) is 0 Å². The van der Waals surface area contributed by atoms with Crippen molar-refractivity contribution in [3.63, 3.8) is 0 Å². The summed E-state index contributed by atoms with van der Waals surface area (Å²) >= 11 is 0. The predicted octanol–water partition coefficient (Wildman–Crippen LogP) is 4.43. The molecule has 1 aromatic heterocycles. The van der Waals surface area contributed by atoms with E-state index < -0.39 is 18.9 Å². The van der Waals surface area contributed by atoms with Gasteiger partial charge >= 0.3 is 13.0 Å². The molecule has 0 saturated heterocycles. The number of para-hydroxylation sites is 1. The summed E-state index contributed by atoms with van der Waals surface area (Å²) in [7, 11) is 0. The molecule has 0 spiro atoms. The number of fused-ring (bicyclic) bond motifs is 1. The summed E-state index contributed by atoms with van der Waals surface area (Å²) in [4.78, 5) is 17.7. The number of rotatable bonds is 6. The number of alkyl halides is 4. The Kier molecular flexibility index (Phi) is 5.71. The van der Waals surface area contributed by atoms with E-state index >= 15 is 0 Å². The lowest BCUT2D eigenvalue weighted by Gasteiger charge is -2.20. The highest BCUT2D eigenvalue weighted by Gasteiger charge is 2.31. The monoisotopic (exact) mass is 445 g/mol. The highest BCUT2D eigenvalue weighted by Crippen LogP contribution is 2.35. The number of nitrogens with zero attached hydrogens (tertiary/aromatic N) is 4. The Bertz CT molecular complexity index is 1220. The van der Waals surface area contributed by atoms with Crippen LogP contribution in [-0.2, 0) is 6.54 Å². The zero-order valence-corrected chi connectivity index (χ0v) is 16.3. The topological polar surface area (TPSA) is 97.6 Å². The molecule has 11 heteroatoms. The SMILES string of the molecule is NC=C(C=NC(F)F)c1ccccc1N1Cc2ccc(-c3nnc(C(F)F)o3)cc2C1=O. The molecule has 0 fully saturated rings. The Morgan fingerprint density at radius 3 is 2.62 bits per heavy atom. The predicted molar refractivity (Wildman–Crippen MR) is 108 cm³/mol. The van der Waals surface area contributed by atoms with Gasteiger partial charge in [-0.3, -0.25) is 4.79 Å². The summed E-state index contributed by atoms with van der Waals surface area (Å²) in [5, 5.41) is 6.89. The summed E-state index contributed by atoms with van der Waals surface area (Å²) in [5.41, 5.74) is 8.05. The van der Waals surface area contributed by atoms with E-state index in [0.29, 0.717) is 27.9 Å². The average molecular weight is 445 g/mol. The van der Waals surface area contributed by atoms with E-state index in [0.717, 1.165) is 12.4 Å². The maximum Gasteiger partial charge on any atom is 0.331 e. The molecule has 32 heavy (non-hydrogen) atoms. The van der Waals surface area contributed by atoms with Crippen molar-refractivity contribution in [1.82, 2.24) is 10.2 Å². The van der Waals surface area contributed by atoms with E-state index in [1.54, 1.807) is 36.4 Å². The van der Waals surface area contributed by atoms with Crippen molar-refractivity contribution in [3.05, 3.63) is 71.2 Å². The maximum absolute atomic E-state index is 13.2. The van der Waals surface area contributed by atoms with Crippen LogP contribution in [0.25, 0.3) is 17.0 Å². The van der Waals surface area contributed by atoms with Crippen LogP contribution in [0.1, 0.15) is 33.8 Å². The van der Waals surface area contributed by atoms with Crippen molar-refractivity contribution in [2.75, 3.05) is 4.90 Å². The third kappa shape index (κ3) is 3.96. The van der Waals surface area contributed by atoms with Gasteiger partial charge in [-0.1, -0.05) is 24.3 Å². The lowest BCUT2D eigenvalue weighted by Crippen LogP contribution is -2.24. The molecule has 0 aliphatic carbocycles. The number of benzene rings is 2. The lowest BCUT2D eigenvalue weighted by molar-refractivity contribution is 0.0996. The average Bonchev–Trinajstić information content (AvgIpc) is 3.40. The summed E-state index contributed by atoms with van der Waals surface area (Å²) < 4.78 is 55.5. The first-order chi connectivity index (χ1) is 15.4. The molecule has 2 aromatic carbocycles. The van der Waals surface area contributed by atoms with Gasteiger partial charge in [0.05, 0.1) is 12.2 Å². The van der Waals surface area contributed by atoms with Crippen molar-refractivity contribution in [3.8, 4) is 11.5 Å². The molecular formula is C21H15F4N5O2. The fourth-order valence-corrected chi connectivity index (χ4v) is 3.36. The zero-order valence-electron chi connectivity index (χ0n) is 16.3. The zero-order chi connectivity index (χ0) is 22.8. The minimum Gasteiger partial charge on any atom is -0.415 e. The van der Waals surface area contributed by atoms with Gasteiger partial charge in [0, 0.05) is 34.7 Å². The first-order valence-electron chi connectivity index (χ1n) is 9.28. The second-order valence-corrected chi connectivity index (χ2v) is 6.70. The van der Waals surface area contributed by atoms with E-state index in [1.165, 1.54) is 11.0 Å². The number of hydrogen-bond acceptors (Lipinski definition) is 6. The van der Waals surface area contributed by atoms with Crippen molar-refractivity contribution in [2.45, 2.75) is 19.5 Å². The number of hydrogen-bond donors (Lipinski definition) is 1. The minimum atomic E-state index is -2.90. The standard InChI is InChI=1S/C21H15F4N5O2/c22-17(23)19-29-28-18(32-19)11-5-6-12-10-30(20(31)15(12)7-11)16-4-2-1-3-14(16)13(8-26)9-27-21(24)25/h1-9,17,21H,10,26H2. The molecule has 0 saturated carbocycles. The maximum atomic E-state index is 13.2. The number of allylic oxidation sites excluding steroid dienone is 1. The van der Waals surface area contributed by atoms with Crippen molar-refractivity contribution in [2.24, 2.45) is 10.7 Å². The second-order valence-electron chi connectivity index (χ2n) is 6.70. The summed E-state index contributed by atoms with van der Waals surface area (Å²) in [6, 6.07) is 11.4. The summed E-state index contributed by atoms with van der Waals surface area (Å²) in [5.74, 6) is -1.31. The van der Waals surface area contributed by atoms with Gasteiger partial charge in [0.25, 0.3) is 11.8 Å². The van der Waals surface area contributed by atoms with Gasteiger partial charge in [-0.15, -0.1) is 10.2 Å². The number of nitrogens with two attached hydrogens (primary N) is 1. The smallest absolute Gasteiger partial charge is 0.331 e. The Morgan fingerprint density at radius 2 is 1.94 bits per heavy atom. The second kappa shape index (κ2) is 8.61. The van der Waals surface area contributed by atoms with Gasteiger partial charge in [0.1, 0.15) is 0 Å². The summed E-state index contributed by atoms with van der Waals surface area (Å²) in [6.45, 7) is -2.69.